The average Bonchev–Trinajstić information content (AvgIpc) is 2.18. The molecule has 1 saturated heterocycles. The first-order valence-electron chi connectivity index (χ1n) is 5.92. The predicted molar refractivity (Wildman–Crippen MR) is 52.3 cm³/mol. The molecule has 82 valence electrons. The van der Waals surface area contributed by atoms with Gasteiger partial charge >= 0.3 is 0 Å². The summed E-state index contributed by atoms with van der Waals surface area (Å²) in [6.07, 6.45) is 10.8. The molecule has 1 aliphatic heterocycles. The Morgan fingerprint density at radius 1 is 0.786 bits per heavy atom. The molecule has 0 spiro atoms. The van der Waals surface area contributed by atoms with Gasteiger partial charge in [0.1, 0.15) is 6.10 Å². The molecule has 0 aromatic heterocycles. The molecule has 1 unspecified atom stereocenters. The highest BCUT2D eigenvalue weighted by molar-refractivity contribution is 4.72. The topological polar surface area (TPSA) is 27.7 Å². The van der Waals surface area contributed by atoms with Crippen molar-refractivity contribution < 1.29 is 14.8 Å². The van der Waals surface area contributed by atoms with Gasteiger partial charge in [0, 0.05) is 6.42 Å². The largest absolute Gasteiger partial charge is 0.206 e. The Kier molecular flexibility index (Phi) is 4.22. The van der Waals surface area contributed by atoms with Crippen molar-refractivity contribution in [3.63, 3.8) is 0 Å². The summed E-state index contributed by atoms with van der Waals surface area (Å²) in [5.74, 6) is 0.694. The van der Waals surface area contributed by atoms with Crippen LogP contribution in [0.15, 0.2) is 0 Å². The maximum Gasteiger partial charge on any atom is 0.101 e. The average molecular weight is 200 g/mol. The highest BCUT2D eigenvalue weighted by Crippen LogP contribution is 2.29. The van der Waals surface area contributed by atoms with Crippen molar-refractivity contribution in [1.82, 2.24) is 0 Å². The fourth-order valence-electron chi connectivity index (χ4n) is 2.50. The summed E-state index contributed by atoms with van der Waals surface area (Å²) in [7, 11) is 0. The summed E-state index contributed by atoms with van der Waals surface area (Å²) in [5.41, 5.74) is 0. The Hall–Kier alpha value is -0.120. The third kappa shape index (κ3) is 2.94. The summed E-state index contributed by atoms with van der Waals surface area (Å²) in [4.78, 5) is 9.92. The van der Waals surface area contributed by atoms with E-state index < -0.39 is 0 Å². The molecule has 1 aliphatic carbocycles. The van der Waals surface area contributed by atoms with Gasteiger partial charge < -0.3 is 0 Å². The maximum atomic E-state index is 5.19. The zero-order valence-electron chi connectivity index (χ0n) is 8.74. The van der Waals surface area contributed by atoms with Gasteiger partial charge in [0.25, 0.3) is 0 Å². The summed E-state index contributed by atoms with van der Waals surface area (Å²) in [6.45, 7) is 0.682. The summed E-state index contributed by atoms with van der Waals surface area (Å²) in [6, 6.07) is 0. The van der Waals surface area contributed by atoms with Gasteiger partial charge in [0.2, 0.25) is 0 Å². The molecule has 0 radical (unpaired) electrons. The zero-order valence-corrected chi connectivity index (χ0v) is 8.74. The monoisotopic (exact) mass is 200 g/mol. The van der Waals surface area contributed by atoms with Crippen molar-refractivity contribution in [2.24, 2.45) is 5.92 Å². The summed E-state index contributed by atoms with van der Waals surface area (Å²) < 4.78 is 0. The van der Waals surface area contributed by atoms with Gasteiger partial charge in [-0.2, -0.15) is 0 Å². The van der Waals surface area contributed by atoms with Crippen molar-refractivity contribution in [3.8, 4) is 0 Å². The first kappa shape index (κ1) is 10.4. The van der Waals surface area contributed by atoms with Crippen LogP contribution in [0.4, 0.5) is 0 Å². The second-order valence-corrected chi connectivity index (χ2v) is 4.42. The third-order valence-corrected chi connectivity index (χ3v) is 3.37. The second-order valence-electron chi connectivity index (χ2n) is 4.42. The molecule has 14 heavy (non-hydrogen) atoms. The quantitative estimate of drug-likeness (QED) is 0.609. The fourth-order valence-corrected chi connectivity index (χ4v) is 2.50. The number of hydrogen-bond acceptors (Lipinski definition) is 3. The van der Waals surface area contributed by atoms with Gasteiger partial charge in [0.05, 0.1) is 6.61 Å². The summed E-state index contributed by atoms with van der Waals surface area (Å²) in [5, 5.41) is 4.61. The van der Waals surface area contributed by atoms with E-state index in [1.807, 2.05) is 0 Å². The van der Waals surface area contributed by atoms with Crippen LogP contribution < -0.4 is 0 Å². The van der Waals surface area contributed by atoms with Gasteiger partial charge in [-0.25, -0.2) is 9.78 Å². The van der Waals surface area contributed by atoms with E-state index in [9.17, 15) is 0 Å². The number of hydrogen-bond donors (Lipinski definition) is 0. The Morgan fingerprint density at radius 3 is 2.14 bits per heavy atom. The first-order valence-corrected chi connectivity index (χ1v) is 5.92. The van der Waals surface area contributed by atoms with Crippen LogP contribution in [0.5, 0.6) is 0 Å². The van der Waals surface area contributed by atoms with Crippen LogP contribution in [-0.4, -0.2) is 12.7 Å². The lowest BCUT2D eigenvalue weighted by atomic mass is 9.86. The lowest BCUT2D eigenvalue weighted by Crippen LogP contribution is -2.30. The van der Waals surface area contributed by atoms with Crippen LogP contribution in [0.2, 0.25) is 0 Å². The minimum atomic E-state index is 0.279. The Morgan fingerprint density at radius 2 is 1.50 bits per heavy atom. The molecule has 2 rings (SSSR count). The Balaban J connectivity index is 1.80. The normalized spacial score (nSPS) is 32.1. The maximum absolute atomic E-state index is 5.19. The van der Waals surface area contributed by atoms with Crippen LogP contribution in [0, 0.1) is 5.92 Å². The molecule has 3 nitrogen and oxygen atoms in total. The van der Waals surface area contributed by atoms with E-state index in [-0.39, 0.29) is 6.10 Å². The predicted octanol–water partition coefficient (Wildman–Crippen LogP) is 3.00. The molecule has 2 fully saturated rings. The first-order chi connectivity index (χ1) is 6.97. The van der Waals surface area contributed by atoms with Crippen LogP contribution in [-0.2, 0) is 14.8 Å². The van der Waals surface area contributed by atoms with E-state index in [1.165, 1.54) is 44.9 Å². The third-order valence-electron chi connectivity index (χ3n) is 3.37. The molecule has 2 aliphatic rings. The highest BCUT2D eigenvalue weighted by Gasteiger charge is 2.26. The second kappa shape index (κ2) is 5.69. The lowest BCUT2D eigenvalue weighted by molar-refractivity contribution is -0.552. The van der Waals surface area contributed by atoms with Crippen molar-refractivity contribution in [3.05, 3.63) is 0 Å². The molecule has 1 heterocycles. The summed E-state index contributed by atoms with van der Waals surface area (Å²) >= 11 is 0. The van der Waals surface area contributed by atoms with Gasteiger partial charge in [-0.1, -0.05) is 37.1 Å². The Bertz CT molecular complexity index is 147. The minimum absolute atomic E-state index is 0.279. The van der Waals surface area contributed by atoms with Gasteiger partial charge in [-0.15, -0.1) is 0 Å². The Labute approximate surface area is 85.6 Å². The van der Waals surface area contributed by atoms with E-state index in [1.54, 1.807) is 0 Å². The van der Waals surface area contributed by atoms with Crippen LogP contribution >= 0.6 is 0 Å². The van der Waals surface area contributed by atoms with Crippen molar-refractivity contribution in [2.75, 3.05) is 6.61 Å². The molecule has 1 atom stereocenters. The molecule has 0 bridgehead atoms. The minimum Gasteiger partial charge on any atom is -0.206 e. The lowest BCUT2D eigenvalue weighted by Gasteiger charge is -2.29. The fraction of sp³-hybridized carbons (Fsp3) is 1.00. The highest BCUT2D eigenvalue weighted by atomic mass is 17.5. The van der Waals surface area contributed by atoms with Crippen molar-refractivity contribution in [2.45, 2.75) is 57.5 Å². The van der Waals surface area contributed by atoms with Gasteiger partial charge in [-0.3, -0.25) is 0 Å². The van der Waals surface area contributed by atoms with Crippen molar-refractivity contribution >= 4 is 0 Å². The molecule has 0 aromatic rings. The molecular formula is C11H20O3. The van der Waals surface area contributed by atoms with Crippen molar-refractivity contribution in [1.29, 1.82) is 0 Å². The van der Waals surface area contributed by atoms with E-state index in [2.05, 4.69) is 5.04 Å². The van der Waals surface area contributed by atoms with Crippen LogP contribution in [0.3, 0.4) is 0 Å². The standard InChI is InChI=1S/C11H20O3/c1-2-4-6-10(7-5-3-1)11-8-9-12-14-13-11/h10-11H,1-9H2. The molecule has 3 heteroatoms. The smallest absolute Gasteiger partial charge is 0.101 e. The van der Waals surface area contributed by atoms with E-state index in [4.69, 9.17) is 9.78 Å². The van der Waals surface area contributed by atoms with Crippen LogP contribution in [0.1, 0.15) is 51.4 Å². The molecule has 0 N–H and O–H groups in total. The number of rotatable bonds is 1. The molecule has 0 aromatic carbocycles. The van der Waals surface area contributed by atoms with Gasteiger partial charge in [0.15, 0.2) is 0 Å². The molecule has 1 saturated carbocycles. The van der Waals surface area contributed by atoms with Gasteiger partial charge in [-0.05, 0) is 18.8 Å². The van der Waals surface area contributed by atoms with E-state index in [0.717, 1.165) is 6.42 Å². The zero-order chi connectivity index (χ0) is 9.64. The molecular weight excluding hydrogens is 180 g/mol. The van der Waals surface area contributed by atoms with E-state index >= 15 is 0 Å². The van der Waals surface area contributed by atoms with E-state index in [0.29, 0.717) is 12.5 Å². The molecule has 0 amide bonds. The SMILES string of the molecule is C1CCCC(C2CCOOO2)CCC1. The van der Waals surface area contributed by atoms with Crippen LogP contribution in [0.25, 0.3) is 0 Å².